The minimum absolute atomic E-state index is 0.214. The Kier molecular flexibility index (Phi) is 4.45. The van der Waals surface area contributed by atoms with E-state index in [-0.39, 0.29) is 5.54 Å². The van der Waals surface area contributed by atoms with Crippen LogP contribution in [-0.4, -0.2) is 12.1 Å². The van der Waals surface area contributed by atoms with E-state index in [1.165, 1.54) is 31.2 Å². The van der Waals surface area contributed by atoms with Crippen LogP contribution in [0.25, 0.3) is 0 Å². The summed E-state index contributed by atoms with van der Waals surface area (Å²) >= 11 is 0. The monoisotopic (exact) mass is 245 g/mol. The highest BCUT2D eigenvalue weighted by Gasteiger charge is 2.27. The summed E-state index contributed by atoms with van der Waals surface area (Å²) < 4.78 is 0. The van der Waals surface area contributed by atoms with Crippen molar-refractivity contribution < 1.29 is 0 Å². The Morgan fingerprint density at radius 2 is 1.72 bits per heavy atom. The Morgan fingerprint density at radius 3 is 2.28 bits per heavy atom. The largest absolute Gasteiger partial charge is 0.311 e. The van der Waals surface area contributed by atoms with Crippen molar-refractivity contribution in [3.05, 3.63) is 35.9 Å². The van der Waals surface area contributed by atoms with Crippen molar-refractivity contribution in [1.82, 2.24) is 5.32 Å². The predicted molar refractivity (Wildman–Crippen MR) is 78.9 cm³/mol. The van der Waals surface area contributed by atoms with E-state index in [4.69, 9.17) is 0 Å². The highest BCUT2D eigenvalue weighted by atomic mass is 14.9. The molecule has 1 fully saturated rings. The zero-order valence-corrected chi connectivity index (χ0v) is 12.1. The van der Waals surface area contributed by atoms with Crippen molar-refractivity contribution >= 4 is 0 Å². The van der Waals surface area contributed by atoms with E-state index >= 15 is 0 Å². The van der Waals surface area contributed by atoms with Gasteiger partial charge in [-0.3, -0.25) is 0 Å². The van der Waals surface area contributed by atoms with E-state index in [1.54, 1.807) is 0 Å². The van der Waals surface area contributed by atoms with E-state index in [0.29, 0.717) is 5.92 Å². The Balaban J connectivity index is 2.08. The average Bonchev–Trinajstić information content (AvgIpc) is 2.83. The van der Waals surface area contributed by atoms with E-state index in [1.807, 2.05) is 0 Å². The zero-order valence-electron chi connectivity index (χ0n) is 12.1. The molecule has 100 valence electrons. The van der Waals surface area contributed by atoms with Crippen LogP contribution < -0.4 is 5.32 Å². The molecule has 1 atom stereocenters. The summed E-state index contributed by atoms with van der Waals surface area (Å²) in [6.45, 7) is 7.87. The lowest BCUT2D eigenvalue weighted by Crippen LogP contribution is -2.39. The van der Waals surface area contributed by atoms with E-state index in [9.17, 15) is 0 Å². The van der Waals surface area contributed by atoms with Crippen LogP contribution in [0.1, 0.15) is 57.9 Å². The first-order valence-corrected chi connectivity index (χ1v) is 7.36. The van der Waals surface area contributed by atoms with Crippen molar-refractivity contribution in [3.63, 3.8) is 0 Å². The van der Waals surface area contributed by atoms with Gasteiger partial charge in [-0.2, -0.15) is 0 Å². The standard InChI is InChI=1S/C17H27N/c1-17(2,3)18-13-16(15-11-7-8-12-15)14-9-5-4-6-10-14/h4-6,9-10,15-16,18H,7-8,11-13H2,1-3H3. The van der Waals surface area contributed by atoms with Crippen LogP contribution in [0.5, 0.6) is 0 Å². The summed E-state index contributed by atoms with van der Waals surface area (Å²) in [5, 5.41) is 3.70. The number of hydrogen-bond acceptors (Lipinski definition) is 1. The van der Waals surface area contributed by atoms with Gasteiger partial charge in [0.1, 0.15) is 0 Å². The summed E-state index contributed by atoms with van der Waals surface area (Å²) in [6, 6.07) is 11.1. The summed E-state index contributed by atoms with van der Waals surface area (Å²) in [4.78, 5) is 0. The lowest BCUT2D eigenvalue weighted by Gasteiger charge is -2.29. The van der Waals surface area contributed by atoms with Crippen LogP contribution in [0.2, 0.25) is 0 Å². The highest BCUT2D eigenvalue weighted by molar-refractivity contribution is 5.21. The molecule has 1 aromatic rings. The maximum absolute atomic E-state index is 3.70. The van der Waals surface area contributed by atoms with Crippen molar-refractivity contribution in [2.24, 2.45) is 5.92 Å². The summed E-state index contributed by atoms with van der Waals surface area (Å²) in [5.41, 5.74) is 1.73. The van der Waals surface area contributed by atoms with Gasteiger partial charge in [0.2, 0.25) is 0 Å². The predicted octanol–water partition coefficient (Wildman–Crippen LogP) is 4.35. The van der Waals surface area contributed by atoms with Crippen molar-refractivity contribution in [3.8, 4) is 0 Å². The maximum atomic E-state index is 3.70. The summed E-state index contributed by atoms with van der Waals surface area (Å²) in [7, 11) is 0. The fraction of sp³-hybridized carbons (Fsp3) is 0.647. The molecule has 1 aliphatic carbocycles. The van der Waals surface area contributed by atoms with Crippen LogP contribution in [0.4, 0.5) is 0 Å². The molecule has 1 N–H and O–H groups in total. The molecule has 1 nitrogen and oxygen atoms in total. The quantitative estimate of drug-likeness (QED) is 0.831. The molecule has 18 heavy (non-hydrogen) atoms. The highest BCUT2D eigenvalue weighted by Crippen LogP contribution is 2.37. The van der Waals surface area contributed by atoms with Crippen LogP contribution in [-0.2, 0) is 0 Å². The SMILES string of the molecule is CC(C)(C)NCC(c1ccccc1)C1CCCC1. The molecule has 0 aliphatic heterocycles. The van der Waals surface area contributed by atoms with Gasteiger partial charge in [0.05, 0.1) is 0 Å². The molecule has 0 amide bonds. The lowest BCUT2D eigenvalue weighted by atomic mass is 9.84. The third-order valence-corrected chi connectivity index (χ3v) is 4.05. The van der Waals surface area contributed by atoms with Gasteiger partial charge in [-0.05, 0) is 51.0 Å². The Hall–Kier alpha value is -0.820. The van der Waals surface area contributed by atoms with Gasteiger partial charge in [0.25, 0.3) is 0 Å². The lowest BCUT2D eigenvalue weighted by molar-refractivity contribution is 0.351. The third kappa shape index (κ3) is 3.84. The first kappa shape index (κ1) is 13.6. The van der Waals surface area contributed by atoms with Crippen LogP contribution in [0.15, 0.2) is 30.3 Å². The topological polar surface area (TPSA) is 12.0 Å². The maximum Gasteiger partial charge on any atom is 0.00967 e. The number of hydrogen-bond donors (Lipinski definition) is 1. The minimum atomic E-state index is 0.214. The van der Waals surface area contributed by atoms with Crippen molar-refractivity contribution in [1.29, 1.82) is 0 Å². The number of benzene rings is 1. The van der Waals surface area contributed by atoms with Crippen molar-refractivity contribution in [2.75, 3.05) is 6.54 Å². The normalized spacial score (nSPS) is 19.1. The molecular weight excluding hydrogens is 218 g/mol. The van der Waals surface area contributed by atoms with E-state index in [0.717, 1.165) is 12.5 Å². The molecule has 0 saturated heterocycles. The molecule has 0 aromatic heterocycles. The van der Waals surface area contributed by atoms with Gasteiger partial charge in [-0.15, -0.1) is 0 Å². The van der Waals surface area contributed by atoms with Gasteiger partial charge >= 0.3 is 0 Å². The Labute approximate surface area is 112 Å². The number of rotatable bonds is 4. The van der Waals surface area contributed by atoms with Crippen LogP contribution in [0.3, 0.4) is 0 Å². The van der Waals surface area contributed by atoms with Gasteiger partial charge in [0.15, 0.2) is 0 Å². The molecule has 1 unspecified atom stereocenters. The molecule has 0 spiro atoms. The molecule has 1 aromatic carbocycles. The molecule has 0 bridgehead atoms. The first-order valence-electron chi connectivity index (χ1n) is 7.36. The van der Waals surface area contributed by atoms with Crippen LogP contribution >= 0.6 is 0 Å². The first-order chi connectivity index (χ1) is 8.56. The second kappa shape index (κ2) is 5.88. The summed E-state index contributed by atoms with van der Waals surface area (Å²) in [5.74, 6) is 1.56. The van der Waals surface area contributed by atoms with Gasteiger partial charge < -0.3 is 5.32 Å². The Bertz CT molecular complexity index is 344. The van der Waals surface area contributed by atoms with E-state index < -0.39 is 0 Å². The molecule has 0 radical (unpaired) electrons. The molecular formula is C17H27N. The Morgan fingerprint density at radius 1 is 1.11 bits per heavy atom. The second-order valence-corrected chi connectivity index (χ2v) is 6.69. The van der Waals surface area contributed by atoms with E-state index in [2.05, 4.69) is 56.4 Å². The average molecular weight is 245 g/mol. The van der Waals surface area contributed by atoms with Crippen LogP contribution in [0, 0.1) is 5.92 Å². The molecule has 1 aliphatic rings. The molecule has 1 heteroatoms. The van der Waals surface area contributed by atoms with Gasteiger partial charge in [0, 0.05) is 12.1 Å². The smallest absolute Gasteiger partial charge is 0.00967 e. The van der Waals surface area contributed by atoms with Gasteiger partial charge in [-0.25, -0.2) is 0 Å². The zero-order chi connectivity index (χ0) is 13.0. The summed E-state index contributed by atoms with van der Waals surface area (Å²) in [6.07, 6.45) is 5.66. The number of nitrogens with one attached hydrogen (secondary N) is 1. The molecule has 0 heterocycles. The minimum Gasteiger partial charge on any atom is -0.311 e. The van der Waals surface area contributed by atoms with Gasteiger partial charge in [-0.1, -0.05) is 43.2 Å². The molecule has 1 saturated carbocycles. The fourth-order valence-corrected chi connectivity index (χ4v) is 3.03. The molecule has 2 rings (SSSR count). The third-order valence-electron chi connectivity index (χ3n) is 4.05. The second-order valence-electron chi connectivity index (χ2n) is 6.69. The fourth-order valence-electron chi connectivity index (χ4n) is 3.03. The van der Waals surface area contributed by atoms with Crippen molar-refractivity contribution in [2.45, 2.75) is 57.9 Å².